The summed E-state index contributed by atoms with van der Waals surface area (Å²) in [6.07, 6.45) is 2.62. The van der Waals surface area contributed by atoms with Crippen molar-refractivity contribution < 1.29 is 9.59 Å². The SMILES string of the molecule is Cc1nc(-c2ccc(Cl)s2)sc1C(=O)Nc1ccc(CCN2CCC(C(N)=O)CC2)cc1. The largest absolute Gasteiger partial charge is 0.369 e. The number of nitrogens with one attached hydrogen (secondary N) is 1. The fourth-order valence-corrected chi connectivity index (χ4v) is 5.87. The van der Waals surface area contributed by atoms with Crippen LogP contribution in [-0.2, 0) is 11.2 Å². The van der Waals surface area contributed by atoms with Crippen molar-refractivity contribution >= 4 is 51.8 Å². The first-order valence-electron chi connectivity index (χ1n) is 10.5. The van der Waals surface area contributed by atoms with Crippen LogP contribution in [0.25, 0.3) is 9.88 Å². The van der Waals surface area contributed by atoms with E-state index in [1.165, 1.54) is 28.2 Å². The van der Waals surface area contributed by atoms with Crippen LogP contribution in [0.15, 0.2) is 36.4 Å². The Hall–Kier alpha value is -2.26. The molecule has 1 aromatic carbocycles. The van der Waals surface area contributed by atoms with E-state index >= 15 is 0 Å². The number of halogens is 1. The number of rotatable bonds is 7. The highest BCUT2D eigenvalue weighted by Crippen LogP contribution is 2.35. The Labute approximate surface area is 200 Å². The van der Waals surface area contributed by atoms with Gasteiger partial charge in [-0.25, -0.2) is 4.98 Å². The number of thiazole rings is 1. The van der Waals surface area contributed by atoms with Gasteiger partial charge in [0, 0.05) is 18.2 Å². The zero-order chi connectivity index (χ0) is 22.7. The molecule has 32 heavy (non-hydrogen) atoms. The summed E-state index contributed by atoms with van der Waals surface area (Å²) in [5.41, 5.74) is 8.09. The summed E-state index contributed by atoms with van der Waals surface area (Å²) in [6.45, 7) is 4.62. The monoisotopic (exact) mass is 488 g/mol. The van der Waals surface area contributed by atoms with Crippen molar-refractivity contribution in [3.8, 4) is 9.88 Å². The van der Waals surface area contributed by atoms with Gasteiger partial charge < -0.3 is 16.0 Å². The molecule has 3 aromatic rings. The lowest BCUT2D eigenvalue weighted by Gasteiger charge is -2.30. The van der Waals surface area contributed by atoms with E-state index in [-0.39, 0.29) is 17.7 Å². The number of anilines is 1. The Bertz CT molecular complexity index is 1100. The Morgan fingerprint density at radius 3 is 2.50 bits per heavy atom. The number of carbonyl (C=O) groups excluding carboxylic acids is 2. The predicted octanol–water partition coefficient (Wildman–Crippen LogP) is 4.83. The van der Waals surface area contributed by atoms with E-state index in [9.17, 15) is 9.59 Å². The predicted molar refractivity (Wildman–Crippen MR) is 132 cm³/mol. The number of amides is 2. The molecule has 0 atom stereocenters. The second-order valence-corrected chi connectivity index (χ2v) is 10.7. The average molecular weight is 489 g/mol. The van der Waals surface area contributed by atoms with E-state index < -0.39 is 0 Å². The van der Waals surface area contributed by atoms with Crippen molar-refractivity contribution in [2.75, 3.05) is 25.0 Å². The van der Waals surface area contributed by atoms with E-state index in [1.54, 1.807) is 0 Å². The number of primary amides is 1. The fraction of sp³-hybridized carbons (Fsp3) is 0.348. The lowest BCUT2D eigenvalue weighted by molar-refractivity contribution is -0.123. The number of aryl methyl sites for hydroxylation is 1. The van der Waals surface area contributed by atoms with Crippen molar-refractivity contribution in [3.05, 3.63) is 56.9 Å². The van der Waals surface area contributed by atoms with E-state index in [0.717, 1.165) is 54.5 Å². The van der Waals surface area contributed by atoms with Crippen LogP contribution in [0.4, 0.5) is 5.69 Å². The molecule has 0 saturated carbocycles. The number of nitrogens with two attached hydrogens (primary N) is 1. The minimum absolute atomic E-state index is 0.0236. The van der Waals surface area contributed by atoms with Crippen molar-refractivity contribution in [3.63, 3.8) is 0 Å². The number of thiophene rings is 1. The lowest BCUT2D eigenvalue weighted by Crippen LogP contribution is -2.39. The molecule has 4 rings (SSSR count). The molecular formula is C23H25ClN4O2S2. The van der Waals surface area contributed by atoms with Gasteiger partial charge in [0.15, 0.2) is 0 Å². The maximum atomic E-state index is 12.8. The number of aromatic nitrogens is 1. The van der Waals surface area contributed by atoms with Gasteiger partial charge in [-0.3, -0.25) is 9.59 Å². The molecule has 1 aliphatic rings. The van der Waals surface area contributed by atoms with Gasteiger partial charge in [-0.15, -0.1) is 22.7 Å². The number of piperidine rings is 1. The Balaban J connectivity index is 1.31. The summed E-state index contributed by atoms with van der Waals surface area (Å²) in [5, 5.41) is 3.78. The van der Waals surface area contributed by atoms with E-state index in [0.29, 0.717) is 14.9 Å². The van der Waals surface area contributed by atoms with Crippen LogP contribution in [0, 0.1) is 12.8 Å². The molecule has 2 aromatic heterocycles. The molecule has 1 saturated heterocycles. The summed E-state index contributed by atoms with van der Waals surface area (Å²) >= 11 is 8.85. The molecule has 0 spiro atoms. The van der Waals surface area contributed by atoms with Crippen LogP contribution in [0.5, 0.6) is 0 Å². The highest BCUT2D eigenvalue weighted by atomic mass is 35.5. The summed E-state index contributed by atoms with van der Waals surface area (Å²) in [7, 11) is 0. The van der Waals surface area contributed by atoms with Gasteiger partial charge in [-0.1, -0.05) is 23.7 Å². The van der Waals surface area contributed by atoms with Crippen LogP contribution >= 0.6 is 34.3 Å². The van der Waals surface area contributed by atoms with Gasteiger partial charge in [0.25, 0.3) is 5.91 Å². The average Bonchev–Trinajstić information content (AvgIpc) is 3.39. The summed E-state index contributed by atoms with van der Waals surface area (Å²) in [4.78, 5) is 32.5. The molecule has 3 N–H and O–H groups in total. The first kappa shape index (κ1) is 22.9. The maximum absolute atomic E-state index is 12.8. The third-order valence-electron chi connectivity index (χ3n) is 5.71. The molecular weight excluding hydrogens is 464 g/mol. The molecule has 0 aliphatic carbocycles. The van der Waals surface area contributed by atoms with Crippen molar-refractivity contribution in [1.82, 2.24) is 9.88 Å². The fourth-order valence-electron chi connectivity index (χ4n) is 3.81. The van der Waals surface area contributed by atoms with Crippen LogP contribution in [-0.4, -0.2) is 41.3 Å². The van der Waals surface area contributed by atoms with Gasteiger partial charge in [0.2, 0.25) is 5.91 Å². The van der Waals surface area contributed by atoms with Gasteiger partial charge in [0.05, 0.1) is 14.9 Å². The van der Waals surface area contributed by atoms with E-state index in [4.69, 9.17) is 17.3 Å². The van der Waals surface area contributed by atoms with E-state index in [1.807, 2.05) is 43.3 Å². The standard InChI is InChI=1S/C23H25ClN4O2S2/c1-14-20(32-23(26-14)18-6-7-19(24)31-18)22(30)27-17-4-2-15(3-5-17)8-11-28-12-9-16(10-13-28)21(25)29/h2-7,16H,8-13H2,1H3,(H2,25,29)(H,27,30). The minimum Gasteiger partial charge on any atom is -0.369 e. The molecule has 0 unspecified atom stereocenters. The third kappa shape index (κ3) is 5.56. The zero-order valence-corrected chi connectivity index (χ0v) is 20.2. The summed E-state index contributed by atoms with van der Waals surface area (Å²) in [6, 6.07) is 11.7. The van der Waals surface area contributed by atoms with Crippen LogP contribution in [0.3, 0.4) is 0 Å². The molecule has 0 radical (unpaired) electrons. The Morgan fingerprint density at radius 1 is 1.16 bits per heavy atom. The number of nitrogens with zero attached hydrogens (tertiary/aromatic N) is 2. The number of benzene rings is 1. The summed E-state index contributed by atoms with van der Waals surface area (Å²) in [5.74, 6) is -0.308. The van der Waals surface area contributed by atoms with Gasteiger partial charge in [0.1, 0.15) is 9.88 Å². The smallest absolute Gasteiger partial charge is 0.267 e. The first-order chi connectivity index (χ1) is 15.4. The number of hydrogen-bond donors (Lipinski definition) is 2. The van der Waals surface area contributed by atoms with E-state index in [2.05, 4.69) is 15.2 Å². The second-order valence-electron chi connectivity index (χ2n) is 7.96. The summed E-state index contributed by atoms with van der Waals surface area (Å²) < 4.78 is 0.703. The van der Waals surface area contributed by atoms with Crippen LogP contribution in [0.2, 0.25) is 4.34 Å². The number of hydrogen-bond acceptors (Lipinski definition) is 6. The first-order valence-corrected chi connectivity index (χ1v) is 12.6. The number of likely N-dealkylation sites (tertiary alicyclic amines) is 1. The van der Waals surface area contributed by atoms with Crippen molar-refractivity contribution in [1.29, 1.82) is 0 Å². The Morgan fingerprint density at radius 2 is 1.88 bits per heavy atom. The third-order valence-corrected chi connectivity index (χ3v) is 8.26. The van der Waals surface area contributed by atoms with Crippen molar-refractivity contribution in [2.45, 2.75) is 26.2 Å². The molecule has 6 nitrogen and oxygen atoms in total. The van der Waals surface area contributed by atoms with Gasteiger partial charge >= 0.3 is 0 Å². The molecule has 1 aliphatic heterocycles. The van der Waals surface area contributed by atoms with Crippen molar-refractivity contribution in [2.24, 2.45) is 11.7 Å². The molecule has 168 valence electrons. The van der Waals surface area contributed by atoms with Gasteiger partial charge in [-0.2, -0.15) is 0 Å². The maximum Gasteiger partial charge on any atom is 0.267 e. The molecule has 9 heteroatoms. The highest BCUT2D eigenvalue weighted by molar-refractivity contribution is 7.24. The minimum atomic E-state index is -0.178. The normalized spacial score (nSPS) is 15.1. The molecule has 0 bridgehead atoms. The zero-order valence-electron chi connectivity index (χ0n) is 17.8. The molecule has 3 heterocycles. The van der Waals surface area contributed by atoms with Gasteiger partial charge in [-0.05, 0) is 69.1 Å². The highest BCUT2D eigenvalue weighted by Gasteiger charge is 2.22. The van der Waals surface area contributed by atoms with Crippen LogP contribution in [0.1, 0.15) is 33.8 Å². The lowest BCUT2D eigenvalue weighted by atomic mass is 9.96. The quantitative estimate of drug-likeness (QED) is 0.498. The van der Waals surface area contributed by atoms with Crippen LogP contribution < -0.4 is 11.1 Å². The number of carbonyl (C=O) groups is 2. The topological polar surface area (TPSA) is 88.3 Å². The molecule has 1 fully saturated rings. The second kappa shape index (κ2) is 10.1. The molecule has 2 amide bonds. The Kier molecular flexibility index (Phi) is 7.25.